The van der Waals surface area contributed by atoms with Crippen molar-refractivity contribution in [1.82, 2.24) is 9.80 Å². The highest BCUT2D eigenvalue weighted by Gasteiger charge is 2.17. The Morgan fingerprint density at radius 1 is 1.13 bits per heavy atom. The zero-order valence-electron chi connectivity index (χ0n) is 17.5. The minimum atomic E-state index is -0.712. The van der Waals surface area contributed by atoms with Gasteiger partial charge < -0.3 is 19.4 Å². The summed E-state index contributed by atoms with van der Waals surface area (Å²) in [6.07, 6.45) is 0. The van der Waals surface area contributed by atoms with Crippen molar-refractivity contribution in [3.05, 3.63) is 69.0 Å². The molecule has 0 saturated carbocycles. The molecule has 1 fully saturated rings. The fourth-order valence-electron chi connectivity index (χ4n) is 3.58. The number of fused-ring (bicyclic) bond motifs is 1. The van der Waals surface area contributed by atoms with E-state index < -0.39 is 11.5 Å². The van der Waals surface area contributed by atoms with Gasteiger partial charge in [-0.2, -0.15) is 0 Å². The van der Waals surface area contributed by atoms with Gasteiger partial charge in [0, 0.05) is 54.9 Å². The Bertz CT molecular complexity index is 1170. The number of hydrogen-bond donors (Lipinski definition) is 1. The van der Waals surface area contributed by atoms with Gasteiger partial charge in [0.25, 0.3) is 5.91 Å². The third-order valence-corrected chi connectivity index (χ3v) is 5.84. The average Bonchev–Trinajstić information content (AvgIpc) is 2.76. The summed E-state index contributed by atoms with van der Waals surface area (Å²) in [6, 6.07) is 12.0. The van der Waals surface area contributed by atoms with Crippen LogP contribution < -0.4 is 15.7 Å². The first-order chi connectivity index (χ1) is 14.9. The van der Waals surface area contributed by atoms with Crippen molar-refractivity contribution in [3.8, 4) is 5.75 Å². The molecule has 1 aliphatic rings. The summed E-state index contributed by atoms with van der Waals surface area (Å²) >= 11 is 6.46. The van der Waals surface area contributed by atoms with Crippen LogP contribution in [0.4, 0.5) is 5.69 Å². The molecule has 162 valence electrons. The third-order valence-electron chi connectivity index (χ3n) is 5.49. The van der Waals surface area contributed by atoms with Crippen LogP contribution in [0.25, 0.3) is 11.0 Å². The maximum absolute atomic E-state index is 12.7. The maximum Gasteiger partial charge on any atom is 0.349 e. The molecule has 0 spiro atoms. The fraction of sp³-hybridized carbons (Fsp3) is 0.304. The number of likely N-dealkylation sites (N-methyl/N-ethyl adjacent to an activating group) is 1. The lowest BCUT2D eigenvalue weighted by molar-refractivity contribution is 0.102. The lowest BCUT2D eigenvalue weighted by Gasteiger charge is -2.32. The van der Waals surface area contributed by atoms with E-state index in [0.717, 1.165) is 38.3 Å². The highest BCUT2D eigenvalue weighted by Crippen LogP contribution is 2.24. The Labute approximate surface area is 185 Å². The molecule has 1 N–H and O–H groups in total. The van der Waals surface area contributed by atoms with Gasteiger partial charge in [0.1, 0.15) is 16.9 Å². The summed E-state index contributed by atoms with van der Waals surface area (Å²) in [7, 11) is 3.65. The van der Waals surface area contributed by atoms with Crippen molar-refractivity contribution >= 4 is 34.2 Å². The predicted molar refractivity (Wildman–Crippen MR) is 121 cm³/mol. The molecular weight excluding hydrogens is 418 g/mol. The molecule has 1 saturated heterocycles. The van der Waals surface area contributed by atoms with Crippen LogP contribution in [0.15, 0.2) is 51.7 Å². The van der Waals surface area contributed by atoms with Crippen molar-refractivity contribution in [2.45, 2.75) is 6.54 Å². The fourth-order valence-corrected chi connectivity index (χ4v) is 3.82. The van der Waals surface area contributed by atoms with Gasteiger partial charge in [-0.3, -0.25) is 9.69 Å². The molecule has 7 nitrogen and oxygen atoms in total. The van der Waals surface area contributed by atoms with Gasteiger partial charge >= 0.3 is 5.63 Å². The Morgan fingerprint density at radius 3 is 2.61 bits per heavy atom. The topological polar surface area (TPSA) is 75.0 Å². The summed E-state index contributed by atoms with van der Waals surface area (Å²) < 4.78 is 10.4. The van der Waals surface area contributed by atoms with E-state index in [1.807, 2.05) is 6.07 Å². The molecule has 0 bridgehead atoms. The number of benzene rings is 2. The summed E-state index contributed by atoms with van der Waals surface area (Å²) in [4.78, 5) is 29.7. The predicted octanol–water partition coefficient (Wildman–Crippen LogP) is 3.45. The SMILES string of the molecule is COc1ccc2cc(C(=O)Nc3ccc(CN4CCN(C)CC4)c(Cl)c3)c(=O)oc2c1. The maximum atomic E-state index is 12.7. The number of carbonyl (C=O) groups is 1. The van der Waals surface area contributed by atoms with Gasteiger partial charge in [-0.05, 0) is 42.9 Å². The summed E-state index contributed by atoms with van der Waals surface area (Å²) in [5, 5.41) is 3.94. The number of methoxy groups -OCH3 is 1. The molecule has 3 aromatic rings. The second-order valence-corrected chi connectivity index (χ2v) is 8.10. The average molecular weight is 442 g/mol. The van der Waals surface area contributed by atoms with Crippen LogP contribution in [0.5, 0.6) is 5.75 Å². The minimum absolute atomic E-state index is 0.0738. The number of halogens is 1. The number of carbonyl (C=O) groups excluding carboxylic acids is 1. The lowest BCUT2D eigenvalue weighted by Crippen LogP contribution is -2.43. The number of anilines is 1. The van der Waals surface area contributed by atoms with Gasteiger partial charge in [0.2, 0.25) is 0 Å². The van der Waals surface area contributed by atoms with Gasteiger partial charge in [0.05, 0.1) is 7.11 Å². The molecule has 31 heavy (non-hydrogen) atoms. The quantitative estimate of drug-likeness (QED) is 0.611. The molecule has 0 unspecified atom stereocenters. The Balaban J connectivity index is 1.49. The zero-order chi connectivity index (χ0) is 22.0. The van der Waals surface area contributed by atoms with Gasteiger partial charge in [0.15, 0.2) is 0 Å². The monoisotopic (exact) mass is 441 g/mol. The van der Waals surface area contributed by atoms with E-state index in [1.54, 1.807) is 30.3 Å². The first-order valence-corrected chi connectivity index (χ1v) is 10.4. The van der Waals surface area contributed by atoms with Crippen molar-refractivity contribution in [3.63, 3.8) is 0 Å². The molecule has 2 aromatic carbocycles. The normalized spacial score (nSPS) is 15.2. The minimum Gasteiger partial charge on any atom is -0.497 e. The van der Waals surface area contributed by atoms with E-state index in [1.165, 1.54) is 13.2 Å². The number of amides is 1. The molecule has 4 rings (SSSR count). The third kappa shape index (κ3) is 4.90. The van der Waals surface area contributed by atoms with E-state index in [-0.39, 0.29) is 5.56 Å². The summed E-state index contributed by atoms with van der Waals surface area (Å²) in [5.74, 6) is 0.0218. The largest absolute Gasteiger partial charge is 0.497 e. The standard InChI is InChI=1S/C23H24ClN3O4/c1-26-7-9-27(10-8-26)14-16-3-5-17(12-20(16)24)25-22(28)19-11-15-4-6-18(30-2)13-21(15)31-23(19)29/h3-6,11-13H,7-10,14H2,1-2H3,(H,25,28). The smallest absolute Gasteiger partial charge is 0.349 e. The van der Waals surface area contributed by atoms with Gasteiger partial charge in [-0.25, -0.2) is 4.79 Å². The Morgan fingerprint density at radius 2 is 1.90 bits per heavy atom. The highest BCUT2D eigenvalue weighted by molar-refractivity contribution is 6.31. The molecule has 0 aliphatic carbocycles. The number of ether oxygens (including phenoxy) is 1. The van der Waals surface area contributed by atoms with Crippen LogP contribution in [0.1, 0.15) is 15.9 Å². The van der Waals surface area contributed by atoms with Crippen LogP contribution in [-0.4, -0.2) is 56.0 Å². The van der Waals surface area contributed by atoms with E-state index >= 15 is 0 Å². The molecule has 2 heterocycles. The zero-order valence-corrected chi connectivity index (χ0v) is 18.2. The van der Waals surface area contributed by atoms with Crippen LogP contribution in [0.3, 0.4) is 0 Å². The van der Waals surface area contributed by atoms with Gasteiger partial charge in [-0.15, -0.1) is 0 Å². The summed E-state index contributed by atoms with van der Waals surface area (Å²) in [5.41, 5.74) is 1.10. The summed E-state index contributed by atoms with van der Waals surface area (Å²) in [6.45, 7) is 4.82. The van der Waals surface area contributed by atoms with E-state index in [9.17, 15) is 9.59 Å². The highest BCUT2D eigenvalue weighted by atomic mass is 35.5. The molecular formula is C23H24ClN3O4. The van der Waals surface area contributed by atoms with Crippen molar-refractivity contribution in [1.29, 1.82) is 0 Å². The van der Waals surface area contributed by atoms with Crippen LogP contribution in [0, 0.1) is 0 Å². The van der Waals surface area contributed by atoms with E-state index in [2.05, 4.69) is 22.2 Å². The van der Waals surface area contributed by atoms with Gasteiger partial charge in [-0.1, -0.05) is 17.7 Å². The molecule has 0 atom stereocenters. The Hall–Kier alpha value is -2.87. The van der Waals surface area contributed by atoms with Crippen molar-refractivity contribution in [2.75, 3.05) is 45.7 Å². The lowest BCUT2D eigenvalue weighted by atomic mass is 10.1. The molecule has 1 aliphatic heterocycles. The van der Waals surface area contributed by atoms with Crippen molar-refractivity contribution < 1.29 is 13.9 Å². The molecule has 1 aromatic heterocycles. The van der Waals surface area contributed by atoms with Crippen molar-refractivity contribution in [2.24, 2.45) is 0 Å². The van der Waals surface area contributed by atoms with E-state index in [4.69, 9.17) is 20.8 Å². The van der Waals surface area contributed by atoms with Crippen LogP contribution >= 0.6 is 11.6 Å². The second kappa shape index (κ2) is 9.09. The molecule has 1 amide bonds. The van der Waals surface area contributed by atoms with E-state index in [0.29, 0.717) is 27.4 Å². The second-order valence-electron chi connectivity index (χ2n) is 7.69. The first-order valence-electron chi connectivity index (χ1n) is 10.1. The molecule has 0 radical (unpaired) electrons. The van der Waals surface area contributed by atoms with Crippen LogP contribution in [-0.2, 0) is 6.54 Å². The first kappa shape index (κ1) is 21.4. The number of hydrogen-bond acceptors (Lipinski definition) is 6. The Kier molecular flexibility index (Phi) is 6.27. The molecule has 8 heteroatoms. The number of piperazine rings is 1. The number of nitrogens with one attached hydrogen (secondary N) is 1. The number of nitrogens with zero attached hydrogens (tertiary/aromatic N) is 2. The van der Waals surface area contributed by atoms with Crippen LogP contribution in [0.2, 0.25) is 5.02 Å². The number of rotatable bonds is 5.